The van der Waals surface area contributed by atoms with Crippen LogP contribution in [0.15, 0.2) is 0 Å². The van der Waals surface area contributed by atoms with E-state index in [1.165, 1.54) is 38.6 Å². The molecule has 1 heteroatoms. The lowest BCUT2D eigenvalue weighted by Crippen LogP contribution is -2.34. The van der Waals surface area contributed by atoms with Gasteiger partial charge in [-0.2, -0.15) is 0 Å². The van der Waals surface area contributed by atoms with Gasteiger partial charge in [-0.25, -0.2) is 0 Å². The average molecular weight is 181 g/mol. The largest absolute Gasteiger partial charge is 0.314 e. The Labute approximate surface area is 82.3 Å². The summed E-state index contributed by atoms with van der Waals surface area (Å²) in [6.45, 7) is 5.86. The van der Waals surface area contributed by atoms with Crippen molar-refractivity contribution in [3.63, 3.8) is 0 Å². The minimum Gasteiger partial charge on any atom is -0.314 e. The lowest BCUT2D eigenvalue weighted by molar-refractivity contribution is 0.344. The van der Waals surface area contributed by atoms with Crippen molar-refractivity contribution in [1.82, 2.24) is 5.32 Å². The van der Waals surface area contributed by atoms with Crippen molar-refractivity contribution < 1.29 is 0 Å². The maximum absolute atomic E-state index is 3.74. The summed E-state index contributed by atoms with van der Waals surface area (Å²) in [6, 6.07) is 0.887. The first-order valence-electron chi connectivity index (χ1n) is 5.99. The van der Waals surface area contributed by atoms with Gasteiger partial charge in [0.2, 0.25) is 0 Å². The van der Waals surface area contributed by atoms with Gasteiger partial charge in [-0.3, -0.25) is 0 Å². The molecule has 76 valence electrons. The molecule has 2 rings (SSSR count). The van der Waals surface area contributed by atoms with E-state index in [1.54, 1.807) is 0 Å². The summed E-state index contributed by atoms with van der Waals surface area (Å²) in [7, 11) is 0. The van der Waals surface area contributed by atoms with Crippen LogP contribution in [-0.2, 0) is 0 Å². The van der Waals surface area contributed by atoms with E-state index in [4.69, 9.17) is 0 Å². The summed E-state index contributed by atoms with van der Waals surface area (Å²) in [5.41, 5.74) is 0. The van der Waals surface area contributed by atoms with Crippen LogP contribution in [0.2, 0.25) is 0 Å². The number of fused-ring (bicyclic) bond motifs is 2. The molecule has 0 aromatic rings. The first kappa shape index (κ1) is 9.51. The Balaban J connectivity index is 1.66. The Kier molecular flexibility index (Phi) is 2.92. The minimum absolute atomic E-state index is 0.853. The smallest absolute Gasteiger partial charge is 0.00980 e. The summed E-state index contributed by atoms with van der Waals surface area (Å²) in [5, 5.41) is 3.74. The van der Waals surface area contributed by atoms with Crippen LogP contribution in [0.4, 0.5) is 0 Å². The van der Waals surface area contributed by atoms with Gasteiger partial charge in [-0.05, 0) is 50.0 Å². The highest BCUT2D eigenvalue weighted by Crippen LogP contribution is 2.44. The van der Waals surface area contributed by atoms with Crippen molar-refractivity contribution in [3.8, 4) is 0 Å². The summed E-state index contributed by atoms with van der Waals surface area (Å²) in [4.78, 5) is 0. The molecule has 0 amide bonds. The quantitative estimate of drug-likeness (QED) is 0.703. The molecule has 0 aromatic heterocycles. The van der Waals surface area contributed by atoms with Crippen molar-refractivity contribution in [3.05, 3.63) is 0 Å². The van der Waals surface area contributed by atoms with Gasteiger partial charge in [-0.1, -0.05) is 20.3 Å². The zero-order valence-corrected chi connectivity index (χ0v) is 9.05. The summed E-state index contributed by atoms with van der Waals surface area (Å²) in [6.07, 6.45) is 7.37. The SMILES string of the molecule is CC(C)CCN[C@@H]1C[C@H]2CC[C@H]1C2. The molecule has 1 N–H and O–H groups in total. The zero-order chi connectivity index (χ0) is 9.26. The Morgan fingerprint density at radius 3 is 2.62 bits per heavy atom. The van der Waals surface area contributed by atoms with E-state index in [2.05, 4.69) is 19.2 Å². The monoisotopic (exact) mass is 181 g/mol. The van der Waals surface area contributed by atoms with Crippen molar-refractivity contribution in [2.24, 2.45) is 17.8 Å². The summed E-state index contributed by atoms with van der Waals surface area (Å²) < 4.78 is 0. The van der Waals surface area contributed by atoms with Gasteiger partial charge < -0.3 is 5.32 Å². The molecule has 0 aliphatic heterocycles. The van der Waals surface area contributed by atoms with Crippen LogP contribution in [0, 0.1) is 17.8 Å². The molecular weight excluding hydrogens is 158 g/mol. The zero-order valence-electron chi connectivity index (χ0n) is 9.05. The Morgan fingerprint density at radius 2 is 2.08 bits per heavy atom. The Morgan fingerprint density at radius 1 is 1.23 bits per heavy atom. The lowest BCUT2D eigenvalue weighted by Gasteiger charge is -2.23. The summed E-state index contributed by atoms with van der Waals surface area (Å²) in [5.74, 6) is 2.98. The van der Waals surface area contributed by atoms with Crippen LogP contribution >= 0.6 is 0 Å². The molecule has 13 heavy (non-hydrogen) atoms. The fourth-order valence-corrected chi connectivity index (χ4v) is 3.05. The molecule has 2 bridgehead atoms. The maximum atomic E-state index is 3.74. The highest BCUT2D eigenvalue weighted by molar-refractivity contribution is 4.93. The fraction of sp³-hybridized carbons (Fsp3) is 1.00. The van der Waals surface area contributed by atoms with Gasteiger partial charge in [0, 0.05) is 6.04 Å². The second kappa shape index (κ2) is 4.00. The van der Waals surface area contributed by atoms with Crippen LogP contribution in [0.3, 0.4) is 0 Å². The molecule has 3 atom stereocenters. The Bertz CT molecular complexity index is 165. The van der Waals surface area contributed by atoms with E-state index in [9.17, 15) is 0 Å². The fourth-order valence-electron chi connectivity index (χ4n) is 3.05. The Hall–Kier alpha value is -0.0400. The highest BCUT2D eigenvalue weighted by atomic mass is 14.9. The van der Waals surface area contributed by atoms with Crippen LogP contribution < -0.4 is 5.32 Å². The van der Waals surface area contributed by atoms with Crippen molar-refractivity contribution >= 4 is 0 Å². The summed E-state index contributed by atoms with van der Waals surface area (Å²) >= 11 is 0. The maximum Gasteiger partial charge on any atom is 0.00980 e. The number of nitrogens with one attached hydrogen (secondary N) is 1. The molecule has 0 unspecified atom stereocenters. The van der Waals surface area contributed by atoms with Crippen molar-refractivity contribution in [2.45, 2.75) is 52.0 Å². The van der Waals surface area contributed by atoms with E-state index >= 15 is 0 Å². The first-order valence-corrected chi connectivity index (χ1v) is 5.99. The molecular formula is C12H23N. The standard InChI is InChI=1S/C12H23N/c1-9(2)5-6-13-12-8-10-3-4-11(12)7-10/h9-13H,3-8H2,1-2H3/t10-,11-,12+/m0/s1. The number of hydrogen-bond acceptors (Lipinski definition) is 1. The predicted octanol–water partition coefficient (Wildman–Crippen LogP) is 2.81. The molecule has 0 radical (unpaired) electrons. The topological polar surface area (TPSA) is 12.0 Å². The van der Waals surface area contributed by atoms with Crippen molar-refractivity contribution in [2.75, 3.05) is 6.54 Å². The van der Waals surface area contributed by atoms with E-state index in [0.717, 1.165) is 23.8 Å². The third kappa shape index (κ3) is 2.25. The number of hydrogen-bond donors (Lipinski definition) is 1. The molecule has 0 heterocycles. The van der Waals surface area contributed by atoms with E-state index in [0.29, 0.717) is 0 Å². The van der Waals surface area contributed by atoms with E-state index in [1.807, 2.05) is 0 Å². The van der Waals surface area contributed by atoms with Crippen LogP contribution in [0.1, 0.15) is 46.0 Å². The molecule has 2 aliphatic carbocycles. The van der Waals surface area contributed by atoms with Gasteiger partial charge in [0.25, 0.3) is 0 Å². The van der Waals surface area contributed by atoms with Crippen LogP contribution in [0.5, 0.6) is 0 Å². The normalized spacial score (nSPS) is 37.6. The second-order valence-corrected chi connectivity index (χ2v) is 5.42. The highest BCUT2D eigenvalue weighted by Gasteiger charge is 2.38. The van der Waals surface area contributed by atoms with Gasteiger partial charge in [0.05, 0.1) is 0 Å². The minimum atomic E-state index is 0.853. The van der Waals surface area contributed by atoms with E-state index < -0.39 is 0 Å². The third-order valence-electron chi connectivity index (χ3n) is 3.87. The van der Waals surface area contributed by atoms with Crippen LogP contribution in [0.25, 0.3) is 0 Å². The molecule has 2 saturated carbocycles. The van der Waals surface area contributed by atoms with Gasteiger partial charge >= 0.3 is 0 Å². The third-order valence-corrected chi connectivity index (χ3v) is 3.87. The molecule has 2 aliphatic rings. The lowest BCUT2D eigenvalue weighted by atomic mass is 9.95. The molecule has 0 spiro atoms. The molecule has 0 aromatic carbocycles. The van der Waals surface area contributed by atoms with Gasteiger partial charge in [0.15, 0.2) is 0 Å². The van der Waals surface area contributed by atoms with Gasteiger partial charge in [0.1, 0.15) is 0 Å². The average Bonchev–Trinajstić information content (AvgIpc) is 2.64. The molecule has 0 saturated heterocycles. The predicted molar refractivity (Wildman–Crippen MR) is 56.7 cm³/mol. The second-order valence-electron chi connectivity index (χ2n) is 5.42. The molecule has 2 fully saturated rings. The number of rotatable bonds is 4. The molecule has 1 nitrogen and oxygen atoms in total. The first-order chi connectivity index (χ1) is 6.25. The van der Waals surface area contributed by atoms with Gasteiger partial charge in [-0.15, -0.1) is 0 Å². The van der Waals surface area contributed by atoms with E-state index in [-0.39, 0.29) is 0 Å². The van der Waals surface area contributed by atoms with Crippen molar-refractivity contribution in [1.29, 1.82) is 0 Å². The van der Waals surface area contributed by atoms with Crippen LogP contribution in [-0.4, -0.2) is 12.6 Å².